The molecule has 1 atom stereocenters. The predicted octanol–water partition coefficient (Wildman–Crippen LogP) is 3.20. The molecule has 1 heterocycles. The van der Waals surface area contributed by atoms with E-state index in [9.17, 15) is 14.4 Å². The average Bonchev–Trinajstić information content (AvgIpc) is 3.05. The Kier molecular flexibility index (Phi) is 8.52. The van der Waals surface area contributed by atoms with E-state index in [2.05, 4.69) is 10.6 Å². The molecule has 4 rings (SSSR count). The van der Waals surface area contributed by atoms with Gasteiger partial charge in [0.2, 0.25) is 17.7 Å². The summed E-state index contributed by atoms with van der Waals surface area (Å²) in [4.78, 5) is 39.8. The number of amides is 3. The average molecular weight is 489 g/mol. The molecule has 3 aromatic carbocycles. The maximum atomic E-state index is 13.1. The zero-order valence-electron chi connectivity index (χ0n) is 20.2. The molecule has 0 bridgehead atoms. The van der Waals surface area contributed by atoms with Gasteiger partial charge in [0.05, 0.1) is 19.6 Å². The number of fused-ring (bicyclic) bond motifs is 1. The number of hydrogen-bond acceptors (Lipinski definition) is 5. The van der Waals surface area contributed by atoms with Crippen molar-refractivity contribution in [3.63, 3.8) is 0 Å². The molecule has 8 nitrogen and oxygen atoms in total. The largest absolute Gasteiger partial charge is 0.492 e. The van der Waals surface area contributed by atoms with E-state index in [1.807, 2.05) is 60.7 Å². The van der Waals surface area contributed by atoms with Gasteiger partial charge in [0, 0.05) is 24.2 Å². The number of ether oxygens (including phenoxy) is 1. The van der Waals surface area contributed by atoms with Crippen LogP contribution in [0.25, 0.3) is 10.8 Å². The number of rotatable bonds is 9. The summed E-state index contributed by atoms with van der Waals surface area (Å²) in [7, 11) is 0. The highest BCUT2D eigenvalue weighted by Gasteiger charge is 2.29. The van der Waals surface area contributed by atoms with Crippen LogP contribution in [0.15, 0.2) is 66.7 Å². The molecule has 4 N–H and O–H groups in total. The fourth-order valence-electron chi connectivity index (χ4n) is 4.39. The van der Waals surface area contributed by atoms with Crippen molar-refractivity contribution in [2.24, 2.45) is 5.73 Å². The van der Waals surface area contributed by atoms with Crippen molar-refractivity contribution in [1.82, 2.24) is 10.2 Å². The van der Waals surface area contributed by atoms with Gasteiger partial charge in [-0.1, -0.05) is 48.5 Å². The van der Waals surface area contributed by atoms with E-state index < -0.39 is 6.04 Å². The van der Waals surface area contributed by atoms with Crippen molar-refractivity contribution in [3.8, 4) is 5.75 Å². The summed E-state index contributed by atoms with van der Waals surface area (Å²) in [5.41, 5.74) is 7.21. The number of nitrogens with zero attached hydrogens (tertiary/aromatic N) is 1. The molecule has 0 aromatic heterocycles. The van der Waals surface area contributed by atoms with Gasteiger partial charge >= 0.3 is 0 Å². The Hall–Kier alpha value is -3.91. The monoisotopic (exact) mass is 488 g/mol. The molecule has 1 aliphatic heterocycles. The molecule has 1 saturated heterocycles. The highest BCUT2D eigenvalue weighted by molar-refractivity contribution is 5.96. The Morgan fingerprint density at radius 2 is 1.81 bits per heavy atom. The third-order valence-corrected chi connectivity index (χ3v) is 6.23. The molecule has 1 fully saturated rings. The third kappa shape index (κ3) is 6.60. The van der Waals surface area contributed by atoms with Gasteiger partial charge in [-0.25, -0.2) is 0 Å². The lowest BCUT2D eigenvalue weighted by molar-refractivity contribution is -0.138. The molecular formula is C28H32N4O4. The molecule has 0 saturated carbocycles. The summed E-state index contributed by atoms with van der Waals surface area (Å²) < 4.78 is 5.86. The minimum absolute atomic E-state index is 0.0672. The first kappa shape index (κ1) is 25.2. The standard InChI is InChI=1S/C28H32N4O4/c29-18-20-7-5-10-22(17-20)30-27(34)19-32-15-4-3-12-24(28(32)35)31-26(33)14-16-36-25-13-6-9-21-8-1-2-11-23(21)25/h1-2,5-11,13,17,24H,3-4,12,14-16,18-19,29H2,(H,30,34)(H,31,33). The van der Waals surface area contributed by atoms with Crippen molar-refractivity contribution < 1.29 is 19.1 Å². The van der Waals surface area contributed by atoms with Crippen molar-refractivity contribution in [2.75, 3.05) is 25.0 Å². The Balaban J connectivity index is 1.28. The Bertz CT molecular complexity index is 1220. The second kappa shape index (κ2) is 12.2. The van der Waals surface area contributed by atoms with E-state index in [0.717, 1.165) is 34.9 Å². The van der Waals surface area contributed by atoms with Gasteiger partial charge in [-0.15, -0.1) is 0 Å². The summed E-state index contributed by atoms with van der Waals surface area (Å²) >= 11 is 0. The molecule has 8 heteroatoms. The molecule has 188 valence electrons. The first-order valence-corrected chi connectivity index (χ1v) is 12.3. The fraction of sp³-hybridized carbons (Fsp3) is 0.321. The lowest BCUT2D eigenvalue weighted by Crippen LogP contribution is -2.49. The molecule has 0 aliphatic carbocycles. The van der Waals surface area contributed by atoms with E-state index in [1.165, 1.54) is 4.90 Å². The van der Waals surface area contributed by atoms with Crippen molar-refractivity contribution >= 4 is 34.2 Å². The van der Waals surface area contributed by atoms with Crippen LogP contribution in [0.1, 0.15) is 31.2 Å². The Morgan fingerprint density at radius 1 is 1.00 bits per heavy atom. The zero-order chi connectivity index (χ0) is 25.3. The van der Waals surface area contributed by atoms with E-state index in [-0.39, 0.29) is 37.3 Å². The van der Waals surface area contributed by atoms with Crippen molar-refractivity contribution in [1.29, 1.82) is 0 Å². The number of likely N-dealkylation sites (tertiary alicyclic amines) is 1. The van der Waals surface area contributed by atoms with E-state index in [1.54, 1.807) is 6.07 Å². The zero-order valence-corrected chi connectivity index (χ0v) is 20.2. The predicted molar refractivity (Wildman–Crippen MR) is 139 cm³/mol. The van der Waals surface area contributed by atoms with E-state index in [0.29, 0.717) is 25.2 Å². The van der Waals surface area contributed by atoms with Crippen LogP contribution in [-0.2, 0) is 20.9 Å². The molecule has 3 amide bonds. The van der Waals surface area contributed by atoms with Crippen molar-refractivity contribution in [3.05, 3.63) is 72.3 Å². The SMILES string of the molecule is NCc1cccc(NC(=O)CN2CCCCC(NC(=O)CCOc3cccc4ccccc34)C2=O)c1. The van der Waals surface area contributed by atoms with Gasteiger partial charge in [-0.05, 0) is 48.4 Å². The number of nitrogens with two attached hydrogens (primary N) is 1. The number of hydrogen-bond donors (Lipinski definition) is 3. The fourth-order valence-corrected chi connectivity index (χ4v) is 4.39. The van der Waals surface area contributed by atoms with Gasteiger partial charge in [-0.2, -0.15) is 0 Å². The maximum Gasteiger partial charge on any atom is 0.245 e. The summed E-state index contributed by atoms with van der Waals surface area (Å²) in [5, 5.41) is 7.73. The Morgan fingerprint density at radius 3 is 2.67 bits per heavy atom. The van der Waals surface area contributed by atoms with Crippen LogP contribution in [-0.4, -0.2) is 48.4 Å². The lowest BCUT2D eigenvalue weighted by atomic mass is 10.1. The third-order valence-electron chi connectivity index (χ3n) is 6.23. The van der Waals surface area contributed by atoms with Crippen LogP contribution < -0.4 is 21.1 Å². The quantitative estimate of drug-likeness (QED) is 0.428. The normalized spacial score (nSPS) is 15.9. The molecule has 0 radical (unpaired) electrons. The van der Waals surface area contributed by atoms with Crippen LogP contribution in [0.4, 0.5) is 5.69 Å². The minimum Gasteiger partial charge on any atom is -0.492 e. The van der Waals surface area contributed by atoms with Crippen LogP contribution in [0, 0.1) is 0 Å². The number of carbonyl (C=O) groups excluding carboxylic acids is 3. The van der Waals surface area contributed by atoms with Gasteiger partial charge in [0.1, 0.15) is 11.8 Å². The molecule has 1 unspecified atom stereocenters. The van der Waals surface area contributed by atoms with Crippen molar-refractivity contribution in [2.45, 2.75) is 38.3 Å². The smallest absolute Gasteiger partial charge is 0.245 e. The van der Waals surface area contributed by atoms with Crippen LogP contribution in [0.2, 0.25) is 0 Å². The van der Waals surface area contributed by atoms with Crippen LogP contribution >= 0.6 is 0 Å². The van der Waals surface area contributed by atoms with E-state index >= 15 is 0 Å². The number of benzene rings is 3. The topological polar surface area (TPSA) is 114 Å². The van der Waals surface area contributed by atoms with Gasteiger partial charge in [0.25, 0.3) is 0 Å². The first-order chi connectivity index (χ1) is 17.5. The minimum atomic E-state index is -0.647. The number of nitrogens with one attached hydrogen (secondary N) is 2. The second-order valence-corrected chi connectivity index (χ2v) is 8.90. The number of anilines is 1. The lowest BCUT2D eigenvalue weighted by Gasteiger charge is -2.24. The molecule has 1 aliphatic rings. The summed E-state index contributed by atoms with van der Waals surface area (Å²) in [6, 6.07) is 20.4. The summed E-state index contributed by atoms with van der Waals surface area (Å²) in [5.74, 6) is -0.0474. The maximum absolute atomic E-state index is 13.1. The number of carbonyl (C=O) groups is 3. The van der Waals surface area contributed by atoms with Gasteiger partial charge in [-0.3, -0.25) is 14.4 Å². The molecule has 36 heavy (non-hydrogen) atoms. The summed E-state index contributed by atoms with van der Waals surface area (Å²) in [6.45, 7) is 0.991. The highest BCUT2D eigenvalue weighted by Crippen LogP contribution is 2.25. The highest BCUT2D eigenvalue weighted by atomic mass is 16.5. The van der Waals surface area contributed by atoms with Gasteiger partial charge < -0.3 is 26.0 Å². The summed E-state index contributed by atoms with van der Waals surface area (Å²) in [6.07, 6.45) is 2.24. The molecular weight excluding hydrogens is 456 g/mol. The molecule has 3 aromatic rings. The van der Waals surface area contributed by atoms with Crippen LogP contribution in [0.5, 0.6) is 5.75 Å². The van der Waals surface area contributed by atoms with Gasteiger partial charge in [0.15, 0.2) is 0 Å². The van der Waals surface area contributed by atoms with E-state index in [4.69, 9.17) is 10.5 Å². The van der Waals surface area contributed by atoms with Crippen LogP contribution in [0.3, 0.4) is 0 Å². The molecule has 0 spiro atoms. The second-order valence-electron chi connectivity index (χ2n) is 8.90. The Labute approximate surface area is 210 Å². The first-order valence-electron chi connectivity index (χ1n) is 12.3.